The van der Waals surface area contributed by atoms with Crippen molar-refractivity contribution in [3.05, 3.63) is 64.2 Å². The number of halogens is 9. The second kappa shape index (κ2) is 11.3. The van der Waals surface area contributed by atoms with Crippen LogP contribution in [0.25, 0.3) is 0 Å². The Kier molecular flexibility index (Phi) is 8.88. The fourth-order valence-electron chi connectivity index (χ4n) is 4.80. The zero-order chi connectivity index (χ0) is 26.7. The highest BCUT2D eigenvalue weighted by Gasteiger charge is 2.43. The van der Waals surface area contributed by atoms with E-state index in [4.69, 9.17) is 0 Å². The minimum atomic E-state index is -5.42. The molecule has 2 aromatic rings. The molecule has 3 rings (SSSR count). The Balaban J connectivity index is 1.68. The van der Waals surface area contributed by atoms with E-state index < -0.39 is 52.4 Å². The molecule has 0 N–H and O–H groups in total. The van der Waals surface area contributed by atoms with Crippen LogP contribution in [0.4, 0.5) is 39.5 Å². The van der Waals surface area contributed by atoms with Crippen LogP contribution in [0.2, 0.25) is 0 Å². The smallest absolute Gasteiger partial charge is 0.429 e. The quantitative estimate of drug-likeness (QED) is 0.296. The van der Waals surface area contributed by atoms with Crippen LogP contribution < -0.4 is 4.74 Å². The summed E-state index contributed by atoms with van der Waals surface area (Å²) < 4.78 is 127. The molecule has 1 aliphatic carbocycles. The van der Waals surface area contributed by atoms with Gasteiger partial charge in [-0.2, -0.15) is 22.0 Å². The summed E-state index contributed by atoms with van der Waals surface area (Å²) >= 11 is 0. The fraction of sp³-hybridized carbons (Fsp3) is 0.538. The number of hydrogen-bond acceptors (Lipinski definition) is 1. The summed E-state index contributed by atoms with van der Waals surface area (Å²) in [7, 11) is 0. The van der Waals surface area contributed by atoms with Gasteiger partial charge in [-0.15, -0.1) is 0 Å². The first-order valence-corrected chi connectivity index (χ1v) is 11.9. The van der Waals surface area contributed by atoms with E-state index in [1.807, 2.05) is 0 Å². The van der Waals surface area contributed by atoms with Crippen LogP contribution in [-0.2, 0) is 18.7 Å². The van der Waals surface area contributed by atoms with E-state index in [1.54, 1.807) is 0 Å². The molecule has 0 unspecified atom stereocenters. The van der Waals surface area contributed by atoms with Gasteiger partial charge in [-0.05, 0) is 42.4 Å². The number of hydrogen-bond donors (Lipinski definition) is 0. The summed E-state index contributed by atoms with van der Waals surface area (Å²) in [5.74, 6) is -7.96. The first kappa shape index (κ1) is 28.2. The largest absolute Gasteiger partial charge is 0.432 e. The van der Waals surface area contributed by atoms with Crippen LogP contribution in [0, 0.1) is 35.1 Å². The van der Waals surface area contributed by atoms with E-state index in [0.29, 0.717) is 18.3 Å². The van der Waals surface area contributed by atoms with Gasteiger partial charge in [0.05, 0.1) is 0 Å². The molecule has 0 aliphatic heterocycles. The Labute approximate surface area is 203 Å². The average molecular weight is 526 g/mol. The molecule has 10 heteroatoms. The maximum atomic E-state index is 14.5. The minimum Gasteiger partial charge on any atom is -0.429 e. The lowest BCUT2D eigenvalue weighted by Crippen LogP contribution is -2.26. The monoisotopic (exact) mass is 526 g/mol. The van der Waals surface area contributed by atoms with E-state index in [0.717, 1.165) is 44.2 Å². The molecule has 0 bridgehead atoms. The first-order valence-electron chi connectivity index (χ1n) is 11.9. The molecule has 0 radical (unpaired) electrons. The standard InChI is InChI=1S/C26H27F9O/c1-2-3-4-15-5-7-16(8-6-15)9-10-17-11-19(27)24(20(28)12-17)26(34,35)36-18-13-21(29)23(22(30)14-18)25(31,32)33/h11-16H,2-10H2,1H3. The van der Waals surface area contributed by atoms with E-state index in [1.165, 1.54) is 12.8 Å². The average Bonchev–Trinajstić information content (AvgIpc) is 2.74. The van der Waals surface area contributed by atoms with Gasteiger partial charge in [-0.1, -0.05) is 51.9 Å². The summed E-state index contributed by atoms with van der Waals surface area (Å²) in [5.41, 5.74) is -3.93. The molecular weight excluding hydrogens is 499 g/mol. The Hall–Kier alpha value is -2.39. The van der Waals surface area contributed by atoms with Crippen molar-refractivity contribution in [1.29, 1.82) is 0 Å². The van der Waals surface area contributed by atoms with Crippen molar-refractivity contribution >= 4 is 0 Å². The second-order valence-corrected chi connectivity index (χ2v) is 9.38. The molecule has 0 spiro atoms. The summed E-state index contributed by atoms with van der Waals surface area (Å²) in [6, 6.07) is 1.24. The van der Waals surface area contributed by atoms with Gasteiger partial charge in [0.25, 0.3) is 0 Å². The second-order valence-electron chi connectivity index (χ2n) is 9.38. The molecule has 2 aromatic carbocycles. The highest BCUT2D eigenvalue weighted by Crippen LogP contribution is 2.40. The summed E-state index contributed by atoms with van der Waals surface area (Å²) in [6.45, 7) is 2.14. The van der Waals surface area contributed by atoms with Gasteiger partial charge in [-0.25, -0.2) is 17.6 Å². The lowest BCUT2D eigenvalue weighted by atomic mass is 9.78. The Morgan fingerprint density at radius 3 is 1.67 bits per heavy atom. The van der Waals surface area contributed by atoms with Crippen LogP contribution >= 0.6 is 0 Å². The number of rotatable bonds is 9. The zero-order valence-electron chi connectivity index (χ0n) is 19.6. The van der Waals surface area contributed by atoms with Crippen molar-refractivity contribution in [1.82, 2.24) is 0 Å². The fourth-order valence-corrected chi connectivity index (χ4v) is 4.80. The van der Waals surface area contributed by atoms with Crippen LogP contribution in [0.3, 0.4) is 0 Å². The van der Waals surface area contributed by atoms with Gasteiger partial charge in [0.15, 0.2) is 0 Å². The van der Waals surface area contributed by atoms with Crippen LogP contribution in [0.15, 0.2) is 24.3 Å². The van der Waals surface area contributed by atoms with Crippen LogP contribution in [-0.4, -0.2) is 0 Å². The molecule has 1 saturated carbocycles. The number of unbranched alkanes of at least 4 members (excludes halogenated alkanes) is 1. The molecule has 0 amide bonds. The van der Waals surface area contributed by atoms with Crippen molar-refractivity contribution in [2.24, 2.45) is 11.8 Å². The normalized spacial score (nSPS) is 18.9. The van der Waals surface area contributed by atoms with Crippen molar-refractivity contribution in [3.8, 4) is 5.75 Å². The van der Waals surface area contributed by atoms with Gasteiger partial charge in [-0.3, -0.25) is 0 Å². The molecule has 36 heavy (non-hydrogen) atoms. The van der Waals surface area contributed by atoms with Crippen molar-refractivity contribution in [3.63, 3.8) is 0 Å². The van der Waals surface area contributed by atoms with Gasteiger partial charge in [0.2, 0.25) is 0 Å². The predicted octanol–water partition coefficient (Wildman–Crippen LogP) is 9.32. The maximum absolute atomic E-state index is 14.5. The Bertz CT molecular complexity index is 994. The molecule has 0 aromatic heterocycles. The molecule has 200 valence electrons. The van der Waals surface area contributed by atoms with E-state index >= 15 is 0 Å². The lowest BCUT2D eigenvalue weighted by Gasteiger charge is -2.28. The molecule has 0 heterocycles. The number of ether oxygens (including phenoxy) is 1. The molecule has 0 saturated heterocycles. The third-order valence-electron chi connectivity index (χ3n) is 6.71. The molecule has 1 aliphatic rings. The minimum absolute atomic E-state index is 0.124. The summed E-state index contributed by atoms with van der Waals surface area (Å²) in [5, 5.41) is 0. The van der Waals surface area contributed by atoms with Crippen LogP contribution in [0.1, 0.15) is 75.0 Å². The third kappa shape index (κ3) is 6.88. The summed E-state index contributed by atoms with van der Waals surface area (Å²) in [4.78, 5) is 0. The van der Waals surface area contributed by atoms with E-state index in [2.05, 4.69) is 11.7 Å². The highest BCUT2D eigenvalue weighted by atomic mass is 19.4. The Morgan fingerprint density at radius 1 is 0.722 bits per heavy atom. The molecule has 1 fully saturated rings. The maximum Gasteiger partial charge on any atom is 0.432 e. The predicted molar refractivity (Wildman–Crippen MR) is 116 cm³/mol. The first-order chi connectivity index (χ1) is 16.8. The van der Waals surface area contributed by atoms with Crippen molar-refractivity contribution in [2.75, 3.05) is 0 Å². The van der Waals surface area contributed by atoms with Crippen molar-refractivity contribution in [2.45, 2.75) is 77.0 Å². The van der Waals surface area contributed by atoms with Gasteiger partial charge >= 0.3 is 12.3 Å². The van der Waals surface area contributed by atoms with Gasteiger partial charge in [0.1, 0.15) is 40.1 Å². The van der Waals surface area contributed by atoms with Crippen LogP contribution in [0.5, 0.6) is 5.75 Å². The molecule has 1 nitrogen and oxygen atoms in total. The van der Waals surface area contributed by atoms with Crippen molar-refractivity contribution < 1.29 is 44.3 Å². The lowest BCUT2D eigenvalue weighted by molar-refractivity contribution is -0.189. The molecular formula is C26H27F9O. The third-order valence-corrected chi connectivity index (χ3v) is 6.71. The number of alkyl halides is 5. The highest BCUT2D eigenvalue weighted by molar-refractivity contribution is 5.34. The zero-order valence-corrected chi connectivity index (χ0v) is 19.6. The SMILES string of the molecule is CCCCC1CCC(CCc2cc(F)c(C(F)(F)Oc3cc(F)c(C(F)(F)F)c(F)c3)c(F)c2)CC1. The Morgan fingerprint density at radius 2 is 1.19 bits per heavy atom. The van der Waals surface area contributed by atoms with E-state index in [-0.39, 0.29) is 24.1 Å². The van der Waals surface area contributed by atoms with Gasteiger partial charge in [0, 0.05) is 12.1 Å². The number of benzene rings is 2. The number of aryl methyl sites for hydroxylation is 1. The summed E-state index contributed by atoms with van der Waals surface area (Å²) in [6.07, 6.45) is -1.50. The topological polar surface area (TPSA) is 9.23 Å². The van der Waals surface area contributed by atoms with Gasteiger partial charge < -0.3 is 4.74 Å². The molecule has 0 atom stereocenters. The van der Waals surface area contributed by atoms with E-state index in [9.17, 15) is 39.5 Å².